The highest BCUT2D eigenvalue weighted by atomic mass is 32.2. The van der Waals surface area contributed by atoms with E-state index in [4.69, 9.17) is 0 Å². The highest BCUT2D eigenvalue weighted by Crippen LogP contribution is 2.26. The van der Waals surface area contributed by atoms with Crippen LogP contribution in [0.2, 0.25) is 0 Å². The van der Waals surface area contributed by atoms with Crippen LogP contribution in [0.4, 0.5) is 0 Å². The molecule has 0 aromatic heterocycles. The first-order chi connectivity index (χ1) is 10.3. The number of benzene rings is 1. The Morgan fingerprint density at radius 2 is 1.95 bits per heavy atom. The maximum Gasteiger partial charge on any atom is 0.0362 e. The number of nitrogens with one attached hydrogen (secondary N) is 1. The Hall–Kier alpha value is -0.670. The third-order valence-electron chi connectivity index (χ3n) is 5.10. The van der Waals surface area contributed by atoms with E-state index >= 15 is 0 Å². The van der Waals surface area contributed by atoms with Gasteiger partial charge in [-0.3, -0.25) is 4.21 Å². The summed E-state index contributed by atoms with van der Waals surface area (Å²) in [6.45, 7) is 2.05. The topological polar surface area (TPSA) is 29.1 Å². The summed E-state index contributed by atoms with van der Waals surface area (Å²) in [5, 5.41) is 4.30. The lowest BCUT2D eigenvalue weighted by Gasteiger charge is -2.34. The Bertz CT molecular complexity index is 502. The summed E-state index contributed by atoms with van der Waals surface area (Å²) in [4.78, 5) is 0. The van der Waals surface area contributed by atoms with Crippen molar-refractivity contribution < 1.29 is 4.21 Å². The van der Waals surface area contributed by atoms with Crippen LogP contribution < -0.4 is 5.32 Å². The minimum atomic E-state index is -0.617. The fourth-order valence-electron chi connectivity index (χ4n) is 3.94. The summed E-state index contributed by atoms with van der Waals surface area (Å²) in [5.41, 5.74) is 3.05. The van der Waals surface area contributed by atoms with Gasteiger partial charge in [0.2, 0.25) is 0 Å². The largest absolute Gasteiger partial charge is 0.311 e. The van der Waals surface area contributed by atoms with Crippen LogP contribution in [0.1, 0.15) is 50.2 Å². The Balaban J connectivity index is 1.56. The molecule has 2 aliphatic rings. The summed E-state index contributed by atoms with van der Waals surface area (Å²) < 4.78 is 12.1. The zero-order chi connectivity index (χ0) is 14.7. The van der Waals surface area contributed by atoms with Gasteiger partial charge in [-0.05, 0) is 49.7 Å². The van der Waals surface area contributed by atoms with Gasteiger partial charge < -0.3 is 5.32 Å². The molecule has 0 amide bonds. The Morgan fingerprint density at radius 1 is 1.14 bits per heavy atom. The predicted octanol–water partition coefficient (Wildman–Crippen LogP) is 3.21. The lowest BCUT2D eigenvalue weighted by atomic mass is 9.86. The summed E-state index contributed by atoms with van der Waals surface area (Å²) >= 11 is 0. The average Bonchev–Trinajstić information content (AvgIpc) is 2.54. The molecule has 1 saturated carbocycles. The van der Waals surface area contributed by atoms with Gasteiger partial charge in [0.05, 0.1) is 0 Å². The summed E-state index contributed by atoms with van der Waals surface area (Å²) in [6.07, 6.45) is 8.37. The van der Waals surface area contributed by atoms with Crippen LogP contribution in [-0.4, -0.2) is 27.3 Å². The highest BCUT2D eigenvalue weighted by molar-refractivity contribution is 7.85. The van der Waals surface area contributed by atoms with Crippen LogP contribution in [0.3, 0.4) is 0 Å². The third-order valence-corrected chi connectivity index (χ3v) is 6.84. The van der Waals surface area contributed by atoms with Gasteiger partial charge >= 0.3 is 0 Å². The second-order valence-electron chi connectivity index (χ2n) is 6.53. The van der Waals surface area contributed by atoms with Crippen molar-refractivity contribution in [1.29, 1.82) is 0 Å². The second-order valence-corrected chi connectivity index (χ2v) is 8.54. The van der Waals surface area contributed by atoms with Crippen molar-refractivity contribution in [1.82, 2.24) is 5.32 Å². The molecule has 1 fully saturated rings. The van der Waals surface area contributed by atoms with E-state index in [1.165, 1.54) is 36.8 Å². The van der Waals surface area contributed by atoms with Crippen molar-refractivity contribution in [2.45, 2.75) is 69.2 Å². The molecule has 0 heterocycles. The van der Waals surface area contributed by atoms with E-state index in [-0.39, 0.29) is 0 Å². The highest BCUT2D eigenvalue weighted by Gasteiger charge is 2.28. The van der Waals surface area contributed by atoms with Crippen molar-refractivity contribution >= 4 is 10.8 Å². The van der Waals surface area contributed by atoms with Gasteiger partial charge in [0.1, 0.15) is 0 Å². The number of rotatable bonds is 4. The minimum absolute atomic E-state index is 0.428. The number of hydrogen-bond donors (Lipinski definition) is 1. The molecule has 2 aliphatic carbocycles. The quantitative estimate of drug-likeness (QED) is 0.925. The smallest absolute Gasteiger partial charge is 0.0362 e. The summed E-state index contributed by atoms with van der Waals surface area (Å²) in [5.74, 6) is 0.814. The average molecular weight is 305 g/mol. The van der Waals surface area contributed by atoms with Gasteiger partial charge in [-0.2, -0.15) is 0 Å². The fraction of sp³-hybridized carbons (Fsp3) is 0.667. The molecule has 1 N–H and O–H groups in total. The van der Waals surface area contributed by atoms with Gasteiger partial charge in [-0.1, -0.05) is 37.6 Å². The van der Waals surface area contributed by atoms with Gasteiger partial charge in [0.15, 0.2) is 0 Å². The van der Waals surface area contributed by atoms with E-state index in [1.54, 1.807) is 0 Å². The van der Waals surface area contributed by atoms with Crippen LogP contribution in [0.25, 0.3) is 0 Å². The zero-order valence-electron chi connectivity index (χ0n) is 13.0. The second kappa shape index (κ2) is 7.06. The van der Waals surface area contributed by atoms with Crippen molar-refractivity contribution in [2.24, 2.45) is 0 Å². The Kier molecular flexibility index (Phi) is 5.12. The molecule has 0 bridgehead atoms. The third kappa shape index (κ3) is 3.75. The van der Waals surface area contributed by atoms with Crippen molar-refractivity contribution in [3.63, 3.8) is 0 Å². The molecule has 2 nitrogen and oxygen atoms in total. The fourth-order valence-corrected chi connectivity index (χ4v) is 5.29. The number of hydrogen-bond acceptors (Lipinski definition) is 2. The molecule has 4 atom stereocenters. The predicted molar refractivity (Wildman–Crippen MR) is 90.1 cm³/mol. The molecular formula is C18H27NOS. The number of aryl methyl sites for hydroxylation is 1. The molecule has 21 heavy (non-hydrogen) atoms. The first kappa shape index (κ1) is 15.2. The normalized spacial score (nSPS) is 30.6. The van der Waals surface area contributed by atoms with E-state index in [0.29, 0.717) is 17.3 Å². The number of fused-ring (bicyclic) bond motifs is 1. The van der Waals surface area contributed by atoms with Crippen LogP contribution in [0, 0.1) is 0 Å². The van der Waals surface area contributed by atoms with Crippen LogP contribution >= 0.6 is 0 Å². The van der Waals surface area contributed by atoms with Crippen molar-refractivity contribution in [2.75, 3.05) is 5.75 Å². The summed E-state index contributed by atoms with van der Waals surface area (Å²) in [7, 11) is -0.617. The molecule has 4 unspecified atom stereocenters. The molecule has 1 aromatic rings. The van der Waals surface area contributed by atoms with Gasteiger partial charge in [0, 0.05) is 33.9 Å². The molecule has 3 heteroatoms. The molecule has 116 valence electrons. The van der Waals surface area contributed by atoms with E-state index in [2.05, 4.69) is 29.6 Å². The molecule has 3 rings (SSSR count). The molecule has 0 saturated heterocycles. The summed E-state index contributed by atoms with van der Waals surface area (Å²) in [6, 6.07) is 10.0. The molecule has 1 aromatic carbocycles. The lowest BCUT2D eigenvalue weighted by Crippen LogP contribution is -2.45. The zero-order valence-corrected chi connectivity index (χ0v) is 13.8. The van der Waals surface area contributed by atoms with Crippen molar-refractivity contribution in [3.8, 4) is 0 Å². The van der Waals surface area contributed by atoms with Gasteiger partial charge in [-0.15, -0.1) is 0 Å². The van der Waals surface area contributed by atoms with E-state index in [9.17, 15) is 4.21 Å². The Morgan fingerprint density at radius 3 is 2.76 bits per heavy atom. The standard InChI is InChI=1S/C18H27NOS/c1-2-21(20)18-9-5-8-16(13-18)19-17-11-10-14-6-3-4-7-15(14)12-17/h3-4,6-7,16-19H,2,5,8-13H2,1H3. The van der Waals surface area contributed by atoms with E-state index in [1.807, 2.05) is 6.92 Å². The first-order valence-corrected chi connectivity index (χ1v) is 9.84. The van der Waals surface area contributed by atoms with Crippen LogP contribution in [0.5, 0.6) is 0 Å². The maximum absolute atomic E-state index is 12.1. The minimum Gasteiger partial charge on any atom is -0.311 e. The monoisotopic (exact) mass is 305 g/mol. The van der Waals surface area contributed by atoms with Gasteiger partial charge in [0.25, 0.3) is 0 Å². The lowest BCUT2D eigenvalue weighted by molar-refractivity contribution is 0.323. The maximum atomic E-state index is 12.1. The molecule has 0 aliphatic heterocycles. The van der Waals surface area contributed by atoms with Crippen LogP contribution in [0.15, 0.2) is 24.3 Å². The molecular weight excluding hydrogens is 278 g/mol. The van der Waals surface area contributed by atoms with E-state index < -0.39 is 10.8 Å². The Labute approximate surface area is 131 Å². The molecule has 0 spiro atoms. The van der Waals surface area contributed by atoms with Gasteiger partial charge in [-0.25, -0.2) is 0 Å². The first-order valence-electron chi connectivity index (χ1n) is 8.46. The van der Waals surface area contributed by atoms with Crippen LogP contribution in [-0.2, 0) is 23.6 Å². The SMILES string of the molecule is CCS(=O)C1CCCC(NC2CCc3ccccc3C2)C1. The van der Waals surface area contributed by atoms with Crippen molar-refractivity contribution in [3.05, 3.63) is 35.4 Å². The molecule has 0 radical (unpaired) electrons. The van der Waals surface area contributed by atoms with E-state index in [0.717, 1.165) is 25.0 Å².